The van der Waals surface area contributed by atoms with Crippen LogP contribution in [0.3, 0.4) is 0 Å². The Hall–Kier alpha value is -0.640. The van der Waals surface area contributed by atoms with Crippen molar-refractivity contribution >= 4 is 27.3 Å². The summed E-state index contributed by atoms with van der Waals surface area (Å²) in [7, 11) is 0. The van der Waals surface area contributed by atoms with Gasteiger partial charge in [0.2, 0.25) is 0 Å². The molecule has 0 amide bonds. The highest BCUT2D eigenvalue weighted by Crippen LogP contribution is 2.22. The topological polar surface area (TPSA) is 26.0 Å². The molecule has 2 rings (SSSR count). The monoisotopic (exact) mass is 281 g/mol. The molecule has 2 aromatic rings. The molecule has 0 bridgehead atoms. The van der Waals surface area contributed by atoms with Crippen LogP contribution in [0.15, 0.2) is 40.2 Å². The second-order valence-electron chi connectivity index (χ2n) is 3.43. The summed E-state index contributed by atoms with van der Waals surface area (Å²) in [6, 6.07) is 10.6. The van der Waals surface area contributed by atoms with Crippen LogP contribution < -0.4 is 5.73 Å². The molecule has 0 saturated carbocycles. The van der Waals surface area contributed by atoms with E-state index in [0.717, 1.165) is 10.9 Å². The Kier molecular flexibility index (Phi) is 3.57. The van der Waals surface area contributed by atoms with Crippen LogP contribution in [0.2, 0.25) is 0 Å². The predicted molar refractivity (Wildman–Crippen MR) is 69.2 cm³/mol. The van der Waals surface area contributed by atoms with Gasteiger partial charge in [0.25, 0.3) is 0 Å². The first kappa shape index (κ1) is 10.9. The van der Waals surface area contributed by atoms with Gasteiger partial charge in [-0.05, 0) is 33.1 Å². The minimum atomic E-state index is 0.613. The van der Waals surface area contributed by atoms with Crippen LogP contribution in [0.4, 0.5) is 0 Å². The molecule has 3 heteroatoms. The molecule has 0 aliphatic rings. The summed E-state index contributed by atoms with van der Waals surface area (Å²) in [6.45, 7) is 0.613. The zero-order valence-electron chi connectivity index (χ0n) is 8.24. The van der Waals surface area contributed by atoms with Gasteiger partial charge < -0.3 is 5.73 Å². The lowest BCUT2D eigenvalue weighted by Gasteiger charge is -2.01. The van der Waals surface area contributed by atoms with Crippen molar-refractivity contribution in [3.8, 4) is 0 Å². The van der Waals surface area contributed by atoms with E-state index in [2.05, 4.69) is 51.6 Å². The van der Waals surface area contributed by atoms with Gasteiger partial charge in [-0.25, -0.2) is 0 Å². The SMILES string of the molecule is NCc1cccc(Cc2cc(Br)cs2)c1. The molecule has 78 valence electrons. The first-order valence-corrected chi connectivity index (χ1v) is 6.46. The third kappa shape index (κ3) is 2.91. The zero-order valence-corrected chi connectivity index (χ0v) is 10.6. The summed E-state index contributed by atoms with van der Waals surface area (Å²) < 4.78 is 1.16. The average Bonchev–Trinajstić information content (AvgIpc) is 2.64. The molecule has 0 atom stereocenters. The van der Waals surface area contributed by atoms with E-state index < -0.39 is 0 Å². The number of rotatable bonds is 3. The lowest BCUT2D eigenvalue weighted by molar-refractivity contribution is 1.06. The molecule has 0 fully saturated rings. The fourth-order valence-electron chi connectivity index (χ4n) is 1.51. The Bertz CT molecular complexity index is 450. The van der Waals surface area contributed by atoms with Crippen molar-refractivity contribution in [2.45, 2.75) is 13.0 Å². The van der Waals surface area contributed by atoms with Gasteiger partial charge in [0.15, 0.2) is 0 Å². The quantitative estimate of drug-likeness (QED) is 0.915. The van der Waals surface area contributed by atoms with Gasteiger partial charge in [-0.3, -0.25) is 0 Å². The summed E-state index contributed by atoms with van der Waals surface area (Å²) >= 11 is 5.24. The van der Waals surface area contributed by atoms with E-state index in [1.807, 2.05) is 0 Å². The van der Waals surface area contributed by atoms with E-state index in [9.17, 15) is 0 Å². The van der Waals surface area contributed by atoms with Gasteiger partial charge in [0, 0.05) is 27.7 Å². The molecule has 0 spiro atoms. The van der Waals surface area contributed by atoms with E-state index in [1.165, 1.54) is 16.0 Å². The highest BCUT2D eigenvalue weighted by atomic mass is 79.9. The maximum absolute atomic E-state index is 5.61. The highest BCUT2D eigenvalue weighted by Gasteiger charge is 2.00. The van der Waals surface area contributed by atoms with E-state index >= 15 is 0 Å². The summed E-state index contributed by atoms with van der Waals surface area (Å²) in [5.74, 6) is 0. The minimum Gasteiger partial charge on any atom is -0.326 e. The Morgan fingerprint density at radius 3 is 2.67 bits per heavy atom. The third-order valence-corrected chi connectivity index (χ3v) is 3.92. The lowest BCUT2D eigenvalue weighted by Crippen LogP contribution is -1.96. The first-order chi connectivity index (χ1) is 7.28. The van der Waals surface area contributed by atoms with E-state index in [4.69, 9.17) is 5.73 Å². The van der Waals surface area contributed by atoms with Crippen molar-refractivity contribution in [2.75, 3.05) is 0 Å². The van der Waals surface area contributed by atoms with Crippen molar-refractivity contribution in [3.63, 3.8) is 0 Å². The molecule has 0 aliphatic heterocycles. The molecule has 0 unspecified atom stereocenters. The normalized spacial score (nSPS) is 10.5. The lowest BCUT2D eigenvalue weighted by atomic mass is 10.1. The Morgan fingerprint density at radius 1 is 1.20 bits per heavy atom. The molecule has 15 heavy (non-hydrogen) atoms. The maximum Gasteiger partial charge on any atom is 0.0285 e. The Balaban J connectivity index is 2.16. The van der Waals surface area contributed by atoms with Gasteiger partial charge in [0.1, 0.15) is 0 Å². The van der Waals surface area contributed by atoms with Crippen molar-refractivity contribution in [1.82, 2.24) is 0 Å². The molecule has 2 N–H and O–H groups in total. The molecule has 0 radical (unpaired) electrons. The molecule has 1 nitrogen and oxygen atoms in total. The third-order valence-electron chi connectivity index (χ3n) is 2.23. The van der Waals surface area contributed by atoms with Crippen molar-refractivity contribution in [2.24, 2.45) is 5.73 Å². The second kappa shape index (κ2) is 4.92. The van der Waals surface area contributed by atoms with Crippen molar-refractivity contribution in [1.29, 1.82) is 0 Å². The Morgan fingerprint density at radius 2 is 2.00 bits per heavy atom. The van der Waals surface area contributed by atoms with Crippen LogP contribution in [0.25, 0.3) is 0 Å². The molecular formula is C12H12BrNS. The van der Waals surface area contributed by atoms with Crippen LogP contribution in [-0.2, 0) is 13.0 Å². The van der Waals surface area contributed by atoms with Crippen LogP contribution in [-0.4, -0.2) is 0 Å². The van der Waals surface area contributed by atoms with E-state index in [0.29, 0.717) is 6.54 Å². The van der Waals surface area contributed by atoms with Crippen molar-refractivity contribution < 1.29 is 0 Å². The molecule has 1 aromatic heterocycles. The maximum atomic E-state index is 5.61. The van der Waals surface area contributed by atoms with Crippen molar-refractivity contribution in [3.05, 3.63) is 56.2 Å². The fourth-order valence-corrected chi connectivity index (χ4v) is 3.00. The average molecular weight is 282 g/mol. The van der Waals surface area contributed by atoms with Gasteiger partial charge in [-0.15, -0.1) is 11.3 Å². The van der Waals surface area contributed by atoms with E-state index in [1.54, 1.807) is 11.3 Å². The summed E-state index contributed by atoms with van der Waals surface area (Å²) in [5.41, 5.74) is 8.13. The number of hydrogen-bond donors (Lipinski definition) is 1. The Labute approximate surface area is 102 Å². The highest BCUT2D eigenvalue weighted by molar-refractivity contribution is 9.10. The van der Waals surface area contributed by atoms with Gasteiger partial charge in [0.05, 0.1) is 0 Å². The van der Waals surface area contributed by atoms with Gasteiger partial charge in [-0.2, -0.15) is 0 Å². The first-order valence-electron chi connectivity index (χ1n) is 4.79. The standard InChI is InChI=1S/C12H12BrNS/c13-11-6-12(15-8-11)5-9-2-1-3-10(4-9)7-14/h1-4,6,8H,5,7,14H2. The molecule has 0 aliphatic carbocycles. The smallest absolute Gasteiger partial charge is 0.0285 e. The van der Waals surface area contributed by atoms with Gasteiger partial charge in [-0.1, -0.05) is 24.3 Å². The second-order valence-corrected chi connectivity index (χ2v) is 5.34. The fraction of sp³-hybridized carbons (Fsp3) is 0.167. The summed E-state index contributed by atoms with van der Waals surface area (Å²) in [5, 5.41) is 2.11. The number of halogens is 1. The number of benzene rings is 1. The number of nitrogens with two attached hydrogens (primary N) is 1. The molecular weight excluding hydrogens is 270 g/mol. The van der Waals surface area contributed by atoms with Crippen LogP contribution in [0.1, 0.15) is 16.0 Å². The van der Waals surface area contributed by atoms with Gasteiger partial charge >= 0.3 is 0 Å². The van der Waals surface area contributed by atoms with Crippen LogP contribution >= 0.6 is 27.3 Å². The molecule has 1 aromatic carbocycles. The summed E-state index contributed by atoms with van der Waals surface area (Å²) in [6.07, 6.45) is 0.990. The molecule has 1 heterocycles. The van der Waals surface area contributed by atoms with Crippen LogP contribution in [0.5, 0.6) is 0 Å². The van der Waals surface area contributed by atoms with Crippen LogP contribution in [0, 0.1) is 0 Å². The molecule has 0 saturated heterocycles. The minimum absolute atomic E-state index is 0.613. The van der Waals surface area contributed by atoms with E-state index in [-0.39, 0.29) is 0 Å². The largest absolute Gasteiger partial charge is 0.326 e. The number of hydrogen-bond acceptors (Lipinski definition) is 2. The number of thiophene rings is 1. The predicted octanol–water partition coefficient (Wildman–Crippen LogP) is 3.56. The zero-order chi connectivity index (χ0) is 10.7. The summed E-state index contributed by atoms with van der Waals surface area (Å²) in [4.78, 5) is 1.37.